The molecule has 39 heavy (non-hydrogen) atoms. The fraction of sp³-hybridized carbons (Fsp3) is 0.333. The third-order valence-electron chi connectivity index (χ3n) is 6.66. The van der Waals surface area contributed by atoms with Crippen LogP contribution in [-0.4, -0.2) is 41.3 Å². The van der Waals surface area contributed by atoms with Crippen molar-refractivity contribution in [3.63, 3.8) is 0 Å². The van der Waals surface area contributed by atoms with Crippen LogP contribution in [0.3, 0.4) is 0 Å². The SMILES string of the molecule is CCCCOc1ccc(C2/C(=C(\O)c3cc(C)ccc3C)C(=O)C(=O)N2c2nc(C)c(C(C)=O)s2)cc1OC. The van der Waals surface area contributed by atoms with E-state index in [1.54, 1.807) is 31.2 Å². The molecule has 1 fully saturated rings. The van der Waals surface area contributed by atoms with Gasteiger partial charge in [0.2, 0.25) is 0 Å². The fourth-order valence-corrected chi connectivity index (χ4v) is 5.58. The summed E-state index contributed by atoms with van der Waals surface area (Å²) in [4.78, 5) is 45.4. The molecule has 1 amide bonds. The Morgan fingerprint density at radius 1 is 1.10 bits per heavy atom. The van der Waals surface area contributed by atoms with Gasteiger partial charge in [-0.2, -0.15) is 0 Å². The second kappa shape index (κ2) is 11.4. The number of hydrogen-bond donors (Lipinski definition) is 1. The number of ether oxygens (including phenoxy) is 2. The molecule has 9 heteroatoms. The Hall–Kier alpha value is -3.98. The average molecular weight is 549 g/mol. The molecule has 1 unspecified atom stereocenters. The molecule has 8 nitrogen and oxygen atoms in total. The van der Waals surface area contributed by atoms with Gasteiger partial charge in [-0.3, -0.25) is 19.3 Å². The summed E-state index contributed by atoms with van der Waals surface area (Å²) in [6.45, 7) is 9.41. The van der Waals surface area contributed by atoms with E-state index < -0.39 is 17.7 Å². The van der Waals surface area contributed by atoms with E-state index in [-0.39, 0.29) is 22.2 Å². The second-order valence-electron chi connectivity index (χ2n) is 9.57. The van der Waals surface area contributed by atoms with Crippen molar-refractivity contribution in [2.45, 2.75) is 53.5 Å². The van der Waals surface area contributed by atoms with Crippen LogP contribution in [0.4, 0.5) is 5.13 Å². The summed E-state index contributed by atoms with van der Waals surface area (Å²) in [5.41, 5.74) is 3.04. The van der Waals surface area contributed by atoms with Crippen LogP contribution in [0.2, 0.25) is 0 Å². The maximum atomic E-state index is 13.6. The van der Waals surface area contributed by atoms with Gasteiger partial charge in [-0.15, -0.1) is 0 Å². The molecule has 1 aliphatic heterocycles. The Labute approximate surface area is 231 Å². The van der Waals surface area contributed by atoms with Crippen molar-refractivity contribution in [3.8, 4) is 11.5 Å². The van der Waals surface area contributed by atoms with Crippen LogP contribution in [0, 0.1) is 20.8 Å². The highest BCUT2D eigenvalue weighted by Crippen LogP contribution is 2.45. The monoisotopic (exact) mass is 548 g/mol. The lowest BCUT2D eigenvalue weighted by Crippen LogP contribution is -2.29. The van der Waals surface area contributed by atoms with Crippen LogP contribution in [0.1, 0.15) is 70.4 Å². The molecule has 1 aromatic heterocycles. The highest BCUT2D eigenvalue weighted by atomic mass is 32.1. The molecule has 0 spiro atoms. The zero-order valence-corrected chi connectivity index (χ0v) is 23.8. The van der Waals surface area contributed by atoms with Gasteiger partial charge in [0.25, 0.3) is 5.78 Å². The summed E-state index contributed by atoms with van der Waals surface area (Å²) >= 11 is 1.04. The maximum absolute atomic E-state index is 13.6. The average Bonchev–Trinajstić information content (AvgIpc) is 3.42. The molecule has 4 rings (SSSR count). The minimum absolute atomic E-state index is 0.0624. The van der Waals surface area contributed by atoms with Gasteiger partial charge in [-0.05, 0) is 56.5 Å². The number of carbonyl (C=O) groups is 3. The number of aryl methyl sites for hydroxylation is 3. The third kappa shape index (κ3) is 5.31. The van der Waals surface area contributed by atoms with Gasteiger partial charge in [0.05, 0.1) is 35.9 Å². The van der Waals surface area contributed by atoms with Crippen molar-refractivity contribution in [1.29, 1.82) is 0 Å². The number of nitrogens with zero attached hydrogens (tertiary/aromatic N) is 2. The lowest BCUT2D eigenvalue weighted by molar-refractivity contribution is -0.132. The van der Waals surface area contributed by atoms with Crippen molar-refractivity contribution in [2.75, 3.05) is 18.6 Å². The van der Waals surface area contributed by atoms with Gasteiger partial charge < -0.3 is 14.6 Å². The first-order valence-corrected chi connectivity index (χ1v) is 13.6. The predicted molar refractivity (Wildman–Crippen MR) is 151 cm³/mol. The van der Waals surface area contributed by atoms with E-state index in [1.807, 2.05) is 26.0 Å². The molecule has 2 aromatic carbocycles. The number of benzene rings is 2. The molecule has 1 atom stereocenters. The maximum Gasteiger partial charge on any atom is 0.301 e. The number of methoxy groups -OCH3 is 1. The largest absolute Gasteiger partial charge is 0.507 e. The Morgan fingerprint density at radius 2 is 1.85 bits per heavy atom. The lowest BCUT2D eigenvalue weighted by atomic mass is 9.93. The molecular weight excluding hydrogens is 516 g/mol. The van der Waals surface area contributed by atoms with Gasteiger partial charge >= 0.3 is 5.91 Å². The van der Waals surface area contributed by atoms with E-state index in [9.17, 15) is 19.5 Å². The molecule has 2 heterocycles. The number of amides is 1. The molecule has 1 N–H and O–H groups in total. The number of hydrogen-bond acceptors (Lipinski definition) is 8. The molecule has 0 aliphatic carbocycles. The van der Waals surface area contributed by atoms with E-state index in [2.05, 4.69) is 11.9 Å². The number of carbonyl (C=O) groups excluding carboxylic acids is 3. The van der Waals surface area contributed by atoms with Crippen LogP contribution in [0.5, 0.6) is 11.5 Å². The highest BCUT2D eigenvalue weighted by molar-refractivity contribution is 7.18. The van der Waals surface area contributed by atoms with Crippen molar-refractivity contribution >= 4 is 39.7 Å². The zero-order chi connectivity index (χ0) is 28.4. The number of aliphatic hydroxyl groups excluding tert-OH is 1. The number of aromatic nitrogens is 1. The summed E-state index contributed by atoms with van der Waals surface area (Å²) in [5.74, 6) is -1.17. The Morgan fingerprint density at radius 3 is 2.49 bits per heavy atom. The quantitative estimate of drug-likeness (QED) is 0.113. The Kier molecular flexibility index (Phi) is 8.20. The molecule has 1 aliphatic rings. The number of rotatable bonds is 9. The normalized spacial score (nSPS) is 16.6. The summed E-state index contributed by atoms with van der Waals surface area (Å²) in [7, 11) is 1.52. The van der Waals surface area contributed by atoms with Gasteiger partial charge in [0.15, 0.2) is 22.4 Å². The van der Waals surface area contributed by atoms with E-state index in [0.29, 0.717) is 39.8 Å². The summed E-state index contributed by atoms with van der Waals surface area (Å²) in [6, 6.07) is 9.71. The van der Waals surface area contributed by atoms with Crippen LogP contribution >= 0.6 is 11.3 Å². The number of aliphatic hydroxyl groups is 1. The standard InChI is InChI=1S/C30H32N2O6S/c1-7-8-13-38-22-12-11-20(15-23(22)37-6)25-24(26(34)21-14-16(2)9-10-17(21)3)27(35)29(36)32(25)30-31-18(4)28(39-30)19(5)33/h9-12,14-15,25,34H,7-8,13H2,1-6H3/b26-24+. The summed E-state index contributed by atoms with van der Waals surface area (Å²) in [5, 5.41) is 11.7. The van der Waals surface area contributed by atoms with E-state index in [1.165, 1.54) is 18.9 Å². The van der Waals surface area contributed by atoms with Gasteiger partial charge in [0, 0.05) is 12.5 Å². The first-order valence-electron chi connectivity index (χ1n) is 12.8. The summed E-state index contributed by atoms with van der Waals surface area (Å²) < 4.78 is 11.5. The molecule has 0 bridgehead atoms. The third-order valence-corrected chi connectivity index (χ3v) is 7.92. The van der Waals surface area contributed by atoms with Crippen LogP contribution in [-0.2, 0) is 9.59 Å². The fourth-order valence-electron chi connectivity index (χ4n) is 4.59. The molecular formula is C30H32N2O6S. The number of anilines is 1. The van der Waals surface area contributed by atoms with Crippen molar-refractivity contribution in [2.24, 2.45) is 0 Å². The summed E-state index contributed by atoms with van der Waals surface area (Å²) in [6.07, 6.45) is 1.85. The van der Waals surface area contributed by atoms with E-state index in [0.717, 1.165) is 35.3 Å². The molecule has 1 saturated heterocycles. The van der Waals surface area contributed by atoms with Gasteiger partial charge in [0.1, 0.15) is 5.76 Å². The molecule has 204 valence electrons. The molecule has 3 aromatic rings. The number of ketones is 2. The minimum Gasteiger partial charge on any atom is -0.507 e. The number of unbranched alkanes of at least 4 members (excludes halogenated alkanes) is 1. The van der Waals surface area contributed by atoms with Gasteiger partial charge in [-0.25, -0.2) is 4.98 Å². The van der Waals surface area contributed by atoms with Crippen LogP contribution in [0.15, 0.2) is 42.0 Å². The predicted octanol–water partition coefficient (Wildman–Crippen LogP) is 6.08. The van der Waals surface area contributed by atoms with Gasteiger partial charge in [-0.1, -0.05) is 48.4 Å². The molecule has 0 radical (unpaired) electrons. The number of thiazole rings is 1. The lowest BCUT2D eigenvalue weighted by Gasteiger charge is -2.24. The van der Waals surface area contributed by atoms with Crippen molar-refractivity contribution in [1.82, 2.24) is 4.98 Å². The molecule has 0 saturated carbocycles. The van der Waals surface area contributed by atoms with E-state index in [4.69, 9.17) is 9.47 Å². The van der Waals surface area contributed by atoms with Crippen molar-refractivity contribution in [3.05, 3.63) is 74.8 Å². The van der Waals surface area contributed by atoms with Crippen LogP contribution < -0.4 is 14.4 Å². The Bertz CT molecular complexity index is 1490. The second-order valence-corrected chi connectivity index (χ2v) is 10.5. The first-order chi connectivity index (χ1) is 18.6. The first kappa shape index (κ1) is 28.0. The Balaban J connectivity index is 1.94. The van der Waals surface area contributed by atoms with Crippen LogP contribution in [0.25, 0.3) is 5.76 Å². The van der Waals surface area contributed by atoms with Crippen molar-refractivity contribution < 1.29 is 29.0 Å². The minimum atomic E-state index is -1.01. The highest BCUT2D eigenvalue weighted by Gasteiger charge is 2.48. The smallest absolute Gasteiger partial charge is 0.301 e. The number of Topliss-reactive ketones (excluding diaryl/α,β-unsaturated/α-hetero) is 2. The zero-order valence-electron chi connectivity index (χ0n) is 23.0. The van der Waals surface area contributed by atoms with E-state index >= 15 is 0 Å². The topological polar surface area (TPSA) is 106 Å².